The van der Waals surface area contributed by atoms with Crippen LogP contribution >= 0.6 is 0 Å². The van der Waals surface area contributed by atoms with E-state index in [1.165, 1.54) is 33.5 Å². The number of likely N-dealkylation sites (N-methyl/N-ethyl adjacent to an activating group) is 1. The van der Waals surface area contributed by atoms with E-state index < -0.39 is 26.6 Å². The first-order valence-electron chi connectivity index (χ1n) is 10.4. The number of aryl methyl sites for hydroxylation is 1. The number of morpholine rings is 1. The summed E-state index contributed by atoms with van der Waals surface area (Å²) in [6.07, 6.45) is 1.01. The van der Waals surface area contributed by atoms with Crippen LogP contribution in [0, 0.1) is 6.92 Å². The second-order valence-electron chi connectivity index (χ2n) is 8.02. The maximum Gasteiger partial charge on any atom is 0.243 e. The Hall–Kier alpha value is -2.47. The van der Waals surface area contributed by atoms with Gasteiger partial charge in [0, 0.05) is 26.7 Å². The Morgan fingerprint density at radius 1 is 0.970 bits per heavy atom. The topological polar surface area (TPSA) is 104 Å². The van der Waals surface area contributed by atoms with Crippen molar-refractivity contribution in [3.05, 3.63) is 59.7 Å². The Labute approximate surface area is 195 Å². The number of ether oxygens (including phenoxy) is 1. The number of rotatable bonds is 8. The number of carbonyl (C=O) groups is 1. The van der Waals surface area contributed by atoms with Crippen molar-refractivity contribution >= 4 is 31.6 Å². The molecule has 1 fully saturated rings. The molecule has 0 aromatic heterocycles. The van der Waals surface area contributed by atoms with Crippen LogP contribution in [0.3, 0.4) is 0 Å². The quantitative estimate of drug-likeness (QED) is 0.549. The lowest BCUT2D eigenvalue weighted by atomic mass is 10.1. The molecule has 3 rings (SSSR count). The fraction of sp³-hybridized carbons (Fsp3) is 0.409. The molecule has 9 nitrogen and oxygen atoms in total. The lowest BCUT2D eigenvalue weighted by Crippen LogP contribution is -2.41. The van der Waals surface area contributed by atoms with E-state index in [4.69, 9.17) is 4.74 Å². The Bertz CT molecular complexity index is 1170. The molecule has 0 saturated carbocycles. The van der Waals surface area contributed by atoms with E-state index in [9.17, 15) is 21.6 Å². The van der Waals surface area contributed by atoms with E-state index in [-0.39, 0.29) is 29.6 Å². The molecule has 0 bridgehead atoms. The highest BCUT2D eigenvalue weighted by Gasteiger charge is 2.27. The highest BCUT2D eigenvalue weighted by molar-refractivity contribution is 7.92. The fourth-order valence-electron chi connectivity index (χ4n) is 3.42. The number of benzene rings is 2. The molecule has 0 unspecified atom stereocenters. The average Bonchev–Trinajstić information content (AvgIpc) is 2.78. The number of anilines is 1. The summed E-state index contributed by atoms with van der Waals surface area (Å²) in [5, 5.41) is 0. The second-order valence-corrected chi connectivity index (χ2v) is 11.9. The first kappa shape index (κ1) is 25.2. The van der Waals surface area contributed by atoms with E-state index in [1.54, 1.807) is 7.05 Å². The van der Waals surface area contributed by atoms with Crippen LogP contribution in [-0.2, 0) is 36.1 Å². The van der Waals surface area contributed by atoms with Crippen molar-refractivity contribution in [1.29, 1.82) is 0 Å². The van der Waals surface area contributed by atoms with Crippen LogP contribution < -0.4 is 4.31 Å². The van der Waals surface area contributed by atoms with Crippen molar-refractivity contribution in [3.8, 4) is 0 Å². The van der Waals surface area contributed by atoms with Crippen LogP contribution in [0.5, 0.6) is 0 Å². The third kappa shape index (κ3) is 6.32. The Morgan fingerprint density at radius 2 is 1.55 bits per heavy atom. The van der Waals surface area contributed by atoms with E-state index >= 15 is 0 Å². The van der Waals surface area contributed by atoms with Gasteiger partial charge in [-0.3, -0.25) is 9.10 Å². The van der Waals surface area contributed by atoms with Gasteiger partial charge >= 0.3 is 0 Å². The van der Waals surface area contributed by atoms with Crippen molar-refractivity contribution in [2.24, 2.45) is 0 Å². The van der Waals surface area contributed by atoms with Crippen LogP contribution in [0.25, 0.3) is 0 Å². The number of hydrogen-bond acceptors (Lipinski definition) is 6. The van der Waals surface area contributed by atoms with Gasteiger partial charge in [0.15, 0.2) is 0 Å². The van der Waals surface area contributed by atoms with Crippen molar-refractivity contribution < 1.29 is 26.4 Å². The zero-order valence-electron chi connectivity index (χ0n) is 19.0. The molecule has 0 radical (unpaired) electrons. The minimum Gasteiger partial charge on any atom is -0.379 e. The summed E-state index contributed by atoms with van der Waals surface area (Å²) in [4.78, 5) is 14.3. The van der Waals surface area contributed by atoms with E-state index in [0.29, 0.717) is 19.8 Å². The molecule has 2 aromatic carbocycles. The van der Waals surface area contributed by atoms with Gasteiger partial charge in [-0.05, 0) is 36.8 Å². The summed E-state index contributed by atoms with van der Waals surface area (Å²) in [6.45, 7) is 3.11. The Kier molecular flexibility index (Phi) is 7.78. The largest absolute Gasteiger partial charge is 0.379 e. The molecule has 0 atom stereocenters. The van der Waals surface area contributed by atoms with Crippen molar-refractivity contribution in [3.63, 3.8) is 0 Å². The predicted molar refractivity (Wildman–Crippen MR) is 126 cm³/mol. The Morgan fingerprint density at radius 3 is 2.09 bits per heavy atom. The van der Waals surface area contributed by atoms with Crippen LogP contribution in [0.4, 0.5) is 5.69 Å². The minimum atomic E-state index is -3.78. The molecule has 2 aromatic rings. The zero-order valence-corrected chi connectivity index (χ0v) is 20.6. The monoisotopic (exact) mass is 495 g/mol. The van der Waals surface area contributed by atoms with Gasteiger partial charge in [-0.15, -0.1) is 0 Å². The van der Waals surface area contributed by atoms with Gasteiger partial charge in [0.1, 0.15) is 6.54 Å². The second kappa shape index (κ2) is 10.2. The molecule has 1 heterocycles. The summed E-state index contributed by atoms with van der Waals surface area (Å²) in [7, 11) is -5.88. The van der Waals surface area contributed by atoms with E-state index in [2.05, 4.69) is 0 Å². The summed E-state index contributed by atoms with van der Waals surface area (Å²) >= 11 is 0. The Balaban J connectivity index is 1.76. The molecule has 1 aliphatic heterocycles. The molecule has 180 valence electrons. The molecule has 11 heteroatoms. The standard InChI is InChI=1S/C22H29N3O6S2/c1-18-4-6-19(7-5-18)16-23(2)22(26)17-25(32(3,27)28)20-8-10-21(11-9-20)33(29,30)24-12-14-31-15-13-24/h4-11H,12-17H2,1-3H3. The molecular weight excluding hydrogens is 466 g/mol. The molecule has 1 aliphatic rings. The number of carbonyl (C=O) groups excluding carboxylic acids is 1. The minimum absolute atomic E-state index is 0.0596. The van der Waals surface area contributed by atoms with Gasteiger partial charge in [-0.2, -0.15) is 4.31 Å². The average molecular weight is 496 g/mol. The van der Waals surface area contributed by atoms with Gasteiger partial charge in [0.2, 0.25) is 26.0 Å². The maximum absolute atomic E-state index is 12.8. The molecule has 0 spiro atoms. The number of sulfonamides is 2. The first-order chi connectivity index (χ1) is 15.5. The van der Waals surface area contributed by atoms with Gasteiger partial charge < -0.3 is 9.64 Å². The van der Waals surface area contributed by atoms with Crippen LogP contribution in [0.1, 0.15) is 11.1 Å². The van der Waals surface area contributed by atoms with Gasteiger partial charge in [0.05, 0.1) is 30.1 Å². The maximum atomic E-state index is 12.8. The number of nitrogens with zero attached hydrogens (tertiary/aromatic N) is 3. The molecule has 33 heavy (non-hydrogen) atoms. The SMILES string of the molecule is Cc1ccc(CN(C)C(=O)CN(c2ccc(S(=O)(=O)N3CCOCC3)cc2)S(C)(=O)=O)cc1. The normalized spacial score (nSPS) is 15.2. The fourth-order valence-corrected chi connectivity index (χ4v) is 5.68. The summed E-state index contributed by atoms with van der Waals surface area (Å²) in [6, 6.07) is 13.3. The van der Waals surface area contributed by atoms with Gasteiger partial charge in [-0.25, -0.2) is 16.8 Å². The van der Waals surface area contributed by atoms with Gasteiger partial charge in [-0.1, -0.05) is 29.8 Å². The zero-order chi connectivity index (χ0) is 24.2. The molecule has 1 saturated heterocycles. The number of amides is 1. The summed E-state index contributed by atoms with van der Waals surface area (Å²) < 4.78 is 58.0. The first-order valence-corrected chi connectivity index (χ1v) is 13.7. The van der Waals surface area contributed by atoms with Gasteiger partial charge in [0.25, 0.3) is 0 Å². The van der Waals surface area contributed by atoms with E-state index in [0.717, 1.165) is 21.7 Å². The van der Waals surface area contributed by atoms with Crippen molar-refractivity contribution in [2.45, 2.75) is 18.4 Å². The molecular formula is C22H29N3O6S2. The lowest BCUT2D eigenvalue weighted by molar-refractivity contribution is -0.128. The third-order valence-corrected chi connectivity index (χ3v) is 8.43. The summed E-state index contributed by atoms with van der Waals surface area (Å²) in [5.74, 6) is -0.383. The van der Waals surface area contributed by atoms with Crippen molar-refractivity contribution in [1.82, 2.24) is 9.21 Å². The highest BCUT2D eigenvalue weighted by Crippen LogP contribution is 2.23. The van der Waals surface area contributed by atoms with E-state index in [1.807, 2.05) is 31.2 Å². The molecule has 0 N–H and O–H groups in total. The van der Waals surface area contributed by atoms with Crippen LogP contribution in [0.15, 0.2) is 53.4 Å². The molecule has 1 amide bonds. The van der Waals surface area contributed by atoms with Crippen LogP contribution in [0.2, 0.25) is 0 Å². The highest BCUT2D eigenvalue weighted by atomic mass is 32.2. The molecule has 0 aliphatic carbocycles. The van der Waals surface area contributed by atoms with Crippen molar-refractivity contribution in [2.75, 3.05) is 50.5 Å². The predicted octanol–water partition coefficient (Wildman–Crippen LogP) is 1.44. The summed E-state index contributed by atoms with van der Waals surface area (Å²) in [5.41, 5.74) is 2.26. The van der Waals surface area contributed by atoms with Crippen LogP contribution in [-0.4, -0.2) is 78.1 Å². The third-order valence-electron chi connectivity index (χ3n) is 5.38. The smallest absolute Gasteiger partial charge is 0.243 e. The lowest BCUT2D eigenvalue weighted by Gasteiger charge is -2.27. The number of hydrogen-bond donors (Lipinski definition) is 0.